The third-order valence-electron chi connectivity index (χ3n) is 3.67. The summed E-state index contributed by atoms with van der Waals surface area (Å²) in [4.78, 5) is 21.8. The fraction of sp³-hybridized carbons (Fsp3) is 0.462. The number of ether oxygens (including phenoxy) is 1. The van der Waals surface area contributed by atoms with Gasteiger partial charge in [-0.25, -0.2) is 4.79 Å². The summed E-state index contributed by atoms with van der Waals surface area (Å²) in [5, 5.41) is 22.6. The van der Waals surface area contributed by atoms with Crippen molar-refractivity contribution in [2.24, 2.45) is 5.92 Å². The van der Waals surface area contributed by atoms with Crippen molar-refractivity contribution in [2.45, 2.75) is 18.4 Å². The van der Waals surface area contributed by atoms with Crippen molar-refractivity contribution >= 4 is 11.8 Å². The fourth-order valence-corrected chi connectivity index (χ4v) is 2.54. The number of alkyl carbamates (subject to hydrolysis) is 1. The number of carbonyl (C=O) groups excluding carboxylic acids is 1. The molecule has 0 heterocycles. The number of nitro benzene ring substituents is 1. The Bertz CT molecular complexity index is 533. The highest BCUT2D eigenvalue weighted by molar-refractivity contribution is 5.69. The number of aliphatic hydroxyl groups excluding tert-OH is 1. The van der Waals surface area contributed by atoms with Crippen LogP contribution in [0.5, 0.6) is 0 Å². The molecule has 2 unspecified atom stereocenters. The molecule has 0 spiro atoms. The Balaban J connectivity index is 2.31. The van der Waals surface area contributed by atoms with E-state index in [2.05, 4.69) is 10.1 Å². The van der Waals surface area contributed by atoms with Crippen LogP contribution < -0.4 is 5.32 Å². The number of hydrogen-bond donors (Lipinski definition) is 2. The van der Waals surface area contributed by atoms with E-state index >= 15 is 0 Å². The van der Waals surface area contributed by atoms with Crippen LogP contribution in [0.1, 0.15) is 18.4 Å². The minimum atomic E-state index is -0.679. The summed E-state index contributed by atoms with van der Waals surface area (Å²) < 4.78 is 4.61. The molecule has 1 aliphatic carbocycles. The standard InChI is InChI=1S/C13H16N2O5/c1-20-12(17)14-13(8-10(13)5-6-16)9-3-2-4-11(7-9)15(18)19/h2-4,7,10,16H,5-6,8H2,1H3,(H,14,17). The Morgan fingerprint density at radius 2 is 2.40 bits per heavy atom. The SMILES string of the molecule is COC(=O)NC1(c2cccc([N+](=O)[O-])c2)CC1CCO. The van der Waals surface area contributed by atoms with Gasteiger partial charge in [0, 0.05) is 18.7 Å². The Morgan fingerprint density at radius 3 is 3.00 bits per heavy atom. The molecule has 0 aliphatic heterocycles. The third kappa shape index (κ3) is 2.57. The maximum Gasteiger partial charge on any atom is 0.407 e. The average Bonchev–Trinajstić information content (AvgIpc) is 3.13. The topological polar surface area (TPSA) is 102 Å². The second-order valence-corrected chi connectivity index (χ2v) is 4.81. The van der Waals surface area contributed by atoms with Gasteiger partial charge in [-0.1, -0.05) is 12.1 Å². The Hall–Kier alpha value is -2.15. The van der Waals surface area contributed by atoms with Crippen LogP contribution in [0.2, 0.25) is 0 Å². The van der Waals surface area contributed by atoms with E-state index < -0.39 is 16.6 Å². The number of methoxy groups -OCH3 is 1. The molecule has 0 radical (unpaired) electrons. The van der Waals surface area contributed by atoms with Gasteiger partial charge in [0.25, 0.3) is 5.69 Å². The summed E-state index contributed by atoms with van der Waals surface area (Å²) in [5.41, 5.74) is -0.0410. The largest absolute Gasteiger partial charge is 0.453 e. The first kappa shape index (κ1) is 14.3. The molecule has 1 aliphatic rings. The van der Waals surface area contributed by atoms with Crippen LogP contribution >= 0.6 is 0 Å². The Labute approximate surface area is 115 Å². The van der Waals surface area contributed by atoms with E-state index in [1.807, 2.05) is 0 Å². The minimum Gasteiger partial charge on any atom is -0.453 e. The van der Waals surface area contributed by atoms with Crippen LogP contribution in [0.15, 0.2) is 24.3 Å². The predicted octanol–water partition coefficient (Wildman–Crippen LogP) is 1.55. The molecule has 2 N–H and O–H groups in total. The fourth-order valence-electron chi connectivity index (χ4n) is 2.54. The van der Waals surface area contributed by atoms with E-state index in [1.165, 1.54) is 19.2 Å². The van der Waals surface area contributed by atoms with E-state index in [9.17, 15) is 14.9 Å². The van der Waals surface area contributed by atoms with Crippen molar-refractivity contribution < 1.29 is 19.6 Å². The second-order valence-electron chi connectivity index (χ2n) is 4.81. The lowest BCUT2D eigenvalue weighted by Gasteiger charge is -2.19. The summed E-state index contributed by atoms with van der Waals surface area (Å²) >= 11 is 0. The molecule has 1 saturated carbocycles. The normalized spacial score (nSPS) is 24.0. The first-order valence-electron chi connectivity index (χ1n) is 6.25. The van der Waals surface area contributed by atoms with Crippen molar-refractivity contribution in [3.8, 4) is 0 Å². The Kier molecular flexibility index (Phi) is 3.89. The summed E-state index contributed by atoms with van der Waals surface area (Å²) in [5.74, 6) is 0.0496. The smallest absolute Gasteiger partial charge is 0.407 e. The molecular weight excluding hydrogens is 264 g/mol. The van der Waals surface area contributed by atoms with Gasteiger partial charge in [-0.05, 0) is 24.3 Å². The van der Waals surface area contributed by atoms with E-state index in [0.29, 0.717) is 18.4 Å². The van der Waals surface area contributed by atoms with Crippen molar-refractivity contribution in [3.63, 3.8) is 0 Å². The van der Waals surface area contributed by atoms with Crippen molar-refractivity contribution in [3.05, 3.63) is 39.9 Å². The van der Waals surface area contributed by atoms with E-state index in [-0.39, 0.29) is 18.2 Å². The third-order valence-corrected chi connectivity index (χ3v) is 3.67. The summed E-state index contributed by atoms with van der Waals surface area (Å²) in [7, 11) is 1.26. The summed E-state index contributed by atoms with van der Waals surface area (Å²) in [6.07, 6.45) is 0.563. The zero-order chi connectivity index (χ0) is 14.8. The molecule has 2 atom stereocenters. The van der Waals surface area contributed by atoms with Crippen molar-refractivity contribution in [1.82, 2.24) is 5.32 Å². The highest BCUT2D eigenvalue weighted by Gasteiger charge is 2.56. The van der Waals surface area contributed by atoms with Gasteiger partial charge in [0.1, 0.15) is 0 Å². The first-order chi connectivity index (χ1) is 9.53. The molecular formula is C13H16N2O5. The number of nitrogens with zero attached hydrogens (tertiary/aromatic N) is 1. The molecule has 7 nitrogen and oxygen atoms in total. The molecule has 1 amide bonds. The molecule has 1 fully saturated rings. The van der Waals surface area contributed by atoms with E-state index in [1.54, 1.807) is 12.1 Å². The van der Waals surface area contributed by atoms with Crippen LogP contribution in [0.25, 0.3) is 0 Å². The molecule has 0 aromatic heterocycles. The summed E-state index contributed by atoms with van der Waals surface area (Å²) in [6, 6.07) is 6.18. The Morgan fingerprint density at radius 1 is 1.65 bits per heavy atom. The van der Waals surface area contributed by atoms with Gasteiger partial charge in [-0.2, -0.15) is 0 Å². The number of non-ortho nitro benzene ring substituents is 1. The number of hydrogen-bond acceptors (Lipinski definition) is 5. The minimum absolute atomic E-state index is 0.00416. The average molecular weight is 280 g/mol. The van der Waals surface area contributed by atoms with E-state index in [4.69, 9.17) is 5.11 Å². The molecule has 108 valence electrons. The molecule has 7 heteroatoms. The highest BCUT2D eigenvalue weighted by Crippen LogP contribution is 2.54. The number of benzene rings is 1. The maximum atomic E-state index is 11.5. The van der Waals surface area contributed by atoms with Crippen molar-refractivity contribution in [1.29, 1.82) is 0 Å². The van der Waals surface area contributed by atoms with Gasteiger partial charge in [0.2, 0.25) is 0 Å². The molecule has 1 aromatic carbocycles. The summed E-state index contributed by atoms with van der Waals surface area (Å²) in [6.45, 7) is 0.00416. The van der Waals surface area contributed by atoms with Gasteiger partial charge in [0.05, 0.1) is 17.6 Å². The van der Waals surface area contributed by atoms with Gasteiger partial charge >= 0.3 is 6.09 Å². The monoisotopic (exact) mass is 280 g/mol. The van der Waals surface area contributed by atoms with Crippen LogP contribution in [-0.4, -0.2) is 29.8 Å². The molecule has 20 heavy (non-hydrogen) atoms. The molecule has 2 rings (SSSR count). The van der Waals surface area contributed by atoms with Crippen LogP contribution in [0.4, 0.5) is 10.5 Å². The second kappa shape index (κ2) is 5.46. The van der Waals surface area contributed by atoms with Gasteiger partial charge < -0.3 is 15.2 Å². The lowest BCUT2D eigenvalue weighted by molar-refractivity contribution is -0.385. The number of nitrogens with one attached hydrogen (secondary N) is 1. The molecule has 1 aromatic rings. The lowest BCUT2D eigenvalue weighted by atomic mass is 10.0. The number of nitro groups is 1. The molecule has 0 bridgehead atoms. The number of rotatable bonds is 5. The van der Waals surface area contributed by atoms with Crippen LogP contribution in [0.3, 0.4) is 0 Å². The van der Waals surface area contributed by atoms with Crippen LogP contribution in [-0.2, 0) is 10.3 Å². The zero-order valence-electron chi connectivity index (χ0n) is 11.0. The predicted molar refractivity (Wildman–Crippen MR) is 70.1 cm³/mol. The van der Waals surface area contributed by atoms with Gasteiger partial charge in [0.15, 0.2) is 0 Å². The van der Waals surface area contributed by atoms with E-state index in [0.717, 1.165) is 0 Å². The number of amides is 1. The number of carbonyl (C=O) groups is 1. The maximum absolute atomic E-state index is 11.5. The van der Waals surface area contributed by atoms with Gasteiger partial charge in [-0.15, -0.1) is 0 Å². The highest BCUT2D eigenvalue weighted by atomic mass is 16.6. The van der Waals surface area contributed by atoms with Crippen LogP contribution in [0, 0.1) is 16.0 Å². The lowest BCUT2D eigenvalue weighted by Crippen LogP contribution is -2.36. The quantitative estimate of drug-likeness (QED) is 0.629. The zero-order valence-corrected chi connectivity index (χ0v) is 11.0. The number of aliphatic hydroxyl groups is 1. The van der Waals surface area contributed by atoms with Gasteiger partial charge in [-0.3, -0.25) is 10.1 Å². The first-order valence-corrected chi connectivity index (χ1v) is 6.25. The van der Waals surface area contributed by atoms with Crippen molar-refractivity contribution in [2.75, 3.05) is 13.7 Å². The molecule has 0 saturated heterocycles.